The summed E-state index contributed by atoms with van der Waals surface area (Å²) in [7, 11) is 0. The van der Waals surface area contributed by atoms with Gasteiger partial charge in [0.15, 0.2) is 0 Å². The fraction of sp³-hybridized carbons (Fsp3) is 0.692. The molecule has 0 aromatic carbocycles. The van der Waals surface area contributed by atoms with Crippen molar-refractivity contribution in [3.8, 4) is 0 Å². The van der Waals surface area contributed by atoms with Gasteiger partial charge >= 0.3 is 6.03 Å². The molecule has 122 valence electrons. The fourth-order valence-electron chi connectivity index (χ4n) is 2.44. The van der Waals surface area contributed by atoms with Gasteiger partial charge < -0.3 is 15.5 Å². The first-order valence-electron chi connectivity index (χ1n) is 7.19. The van der Waals surface area contributed by atoms with Crippen molar-refractivity contribution in [1.29, 1.82) is 0 Å². The first-order chi connectivity index (χ1) is 10.4. The molecule has 2 heterocycles. The van der Waals surface area contributed by atoms with E-state index >= 15 is 0 Å². The van der Waals surface area contributed by atoms with E-state index in [1.54, 1.807) is 4.90 Å². The van der Waals surface area contributed by atoms with Crippen molar-refractivity contribution in [3.05, 3.63) is 0 Å². The highest BCUT2D eigenvalue weighted by Crippen LogP contribution is 2.17. The van der Waals surface area contributed by atoms with E-state index in [9.17, 15) is 19.2 Å². The molecule has 2 aliphatic rings. The van der Waals surface area contributed by atoms with Crippen LogP contribution in [0.3, 0.4) is 0 Å². The molecule has 2 rings (SSSR count). The Morgan fingerprint density at radius 3 is 2.59 bits per heavy atom. The van der Waals surface area contributed by atoms with E-state index < -0.39 is 6.03 Å². The lowest BCUT2D eigenvalue weighted by atomic mass is 10.2. The highest BCUT2D eigenvalue weighted by molar-refractivity contribution is 8.14. The summed E-state index contributed by atoms with van der Waals surface area (Å²) in [6.07, 6.45) is 0.297. The number of nitrogens with zero attached hydrogens (tertiary/aromatic N) is 2. The van der Waals surface area contributed by atoms with Crippen molar-refractivity contribution in [2.75, 3.05) is 25.4 Å². The minimum atomic E-state index is -0.393. The summed E-state index contributed by atoms with van der Waals surface area (Å²) in [5.41, 5.74) is 0. The molecule has 1 unspecified atom stereocenters. The van der Waals surface area contributed by atoms with Crippen molar-refractivity contribution in [2.24, 2.45) is 0 Å². The second kappa shape index (κ2) is 6.99. The van der Waals surface area contributed by atoms with Crippen LogP contribution in [0, 0.1) is 0 Å². The second-order valence-corrected chi connectivity index (χ2v) is 6.47. The SMILES string of the molecule is CC(C)N1CC(NC(=O)NCCN2C(=O)CSC2=O)CC1=O. The molecule has 0 aromatic rings. The lowest BCUT2D eigenvalue weighted by Gasteiger charge is -2.21. The van der Waals surface area contributed by atoms with Crippen molar-refractivity contribution in [3.63, 3.8) is 0 Å². The van der Waals surface area contributed by atoms with E-state index in [1.807, 2.05) is 13.8 Å². The van der Waals surface area contributed by atoms with Crippen molar-refractivity contribution < 1.29 is 19.2 Å². The number of nitrogens with one attached hydrogen (secondary N) is 2. The van der Waals surface area contributed by atoms with Gasteiger partial charge in [-0.2, -0.15) is 0 Å². The first-order valence-corrected chi connectivity index (χ1v) is 8.18. The van der Waals surface area contributed by atoms with Crippen molar-refractivity contribution >= 4 is 34.8 Å². The van der Waals surface area contributed by atoms with E-state index in [2.05, 4.69) is 10.6 Å². The summed E-state index contributed by atoms with van der Waals surface area (Å²) in [5, 5.41) is 5.06. The number of hydrogen-bond donors (Lipinski definition) is 2. The van der Waals surface area contributed by atoms with Crippen molar-refractivity contribution in [2.45, 2.75) is 32.4 Å². The zero-order chi connectivity index (χ0) is 16.3. The Bertz CT molecular complexity index is 480. The van der Waals surface area contributed by atoms with Gasteiger partial charge in [-0.3, -0.25) is 19.3 Å². The van der Waals surface area contributed by atoms with Gasteiger partial charge in [-0.05, 0) is 13.8 Å². The Hall–Kier alpha value is -1.77. The first kappa shape index (κ1) is 16.6. The van der Waals surface area contributed by atoms with E-state index in [4.69, 9.17) is 0 Å². The Labute approximate surface area is 132 Å². The predicted octanol–water partition coefficient (Wildman–Crippen LogP) is -0.00970. The summed E-state index contributed by atoms with van der Waals surface area (Å²) in [4.78, 5) is 49.1. The third kappa shape index (κ3) is 3.90. The number of rotatable bonds is 5. The van der Waals surface area contributed by atoms with Gasteiger partial charge in [0.1, 0.15) is 0 Å². The molecule has 2 N–H and O–H groups in total. The average Bonchev–Trinajstić information content (AvgIpc) is 2.95. The topological polar surface area (TPSA) is 98.8 Å². The van der Waals surface area contributed by atoms with Crippen LogP contribution < -0.4 is 10.6 Å². The van der Waals surface area contributed by atoms with Crippen LogP contribution in [0.15, 0.2) is 0 Å². The van der Waals surface area contributed by atoms with E-state index in [-0.39, 0.29) is 48.0 Å². The van der Waals surface area contributed by atoms with Gasteiger partial charge in [0.25, 0.3) is 5.24 Å². The molecular formula is C13H20N4O4S. The zero-order valence-corrected chi connectivity index (χ0v) is 13.4. The van der Waals surface area contributed by atoms with Gasteiger partial charge in [0.05, 0.1) is 11.8 Å². The fourth-order valence-corrected chi connectivity index (χ4v) is 3.19. The number of thioether (sulfide) groups is 1. The molecule has 0 bridgehead atoms. The molecule has 22 heavy (non-hydrogen) atoms. The molecule has 0 aromatic heterocycles. The average molecular weight is 328 g/mol. The molecule has 2 aliphatic heterocycles. The van der Waals surface area contributed by atoms with Crippen molar-refractivity contribution in [1.82, 2.24) is 20.4 Å². The second-order valence-electron chi connectivity index (χ2n) is 5.54. The molecule has 9 heteroatoms. The molecule has 8 nitrogen and oxygen atoms in total. The highest BCUT2D eigenvalue weighted by atomic mass is 32.2. The number of likely N-dealkylation sites (tertiary alicyclic amines) is 1. The number of urea groups is 1. The maximum atomic E-state index is 11.8. The lowest BCUT2D eigenvalue weighted by molar-refractivity contribution is -0.129. The Morgan fingerprint density at radius 1 is 1.32 bits per heavy atom. The summed E-state index contributed by atoms with van der Waals surface area (Å²) >= 11 is 0.968. The number of hydrogen-bond acceptors (Lipinski definition) is 5. The quantitative estimate of drug-likeness (QED) is 0.739. The summed E-state index contributed by atoms with van der Waals surface area (Å²) in [6, 6.07) is -0.484. The Morgan fingerprint density at radius 2 is 2.05 bits per heavy atom. The van der Waals surface area contributed by atoms with Crippen LogP contribution in [-0.2, 0) is 9.59 Å². The molecule has 5 amide bonds. The standard InChI is InChI=1S/C13H20N4O4S/c1-8(2)17-6-9(5-10(17)18)15-12(20)14-3-4-16-11(19)7-22-13(16)21/h8-9H,3-7H2,1-2H3,(H2,14,15,20). The van der Waals surface area contributed by atoms with Gasteiger partial charge in [0.2, 0.25) is 11.8 Å². The molecule has 2 fully saturated rings. The number of carbonyl (C=O) groups excluding carboxylic acids is 4. The van der Waals surface area contributed by atoms with Crippen LogP contribution in [0.4, 0.5) is 9.59 Å². The van der Waals surface area contributed by atoms with Gasteiger partial charge in [-0.25, -0.2) is 4.79 Å². The lowest BCUT2D eigenvalue weighted by Crippen LogP contribution is -2.46. The van der Waals surface area contributed by atoms with E-state index in [0.29, 0.717) is 13.0 Å². The molecule has 1 atom stereocenters. The minimum Gasteiger partial charge on any atom is -0.338 e. The third-order valence-corrected chi connectivity index (χ3v) is 4.44. The largest absolute Gasteiger partial charge is 0.338 e. The predicted molar refractivity (Wildman–Crippen MR) is 81.4 cm³/mol. The van der Waals surface area contributed by atoms with Crippen LogP contribution in [0.5, 0.6) is 0 Å². The third-order valence-electron chi connectivity index (χ3n) is 3.58. The van der Waals surface area contributed by atoms with Crippen LogP contribution in [0.25, 0.3) is 0 Å². The van der Waals surface area contributed by atoms with Crippen LogP contribution in [-0.4, -0.2) is 70.4 Å². The van der Waals surface area contributed by atoms with Crippen LogP contribution in [0.2, 0.25) is 0 Å². The maximum Gasteiger partial charge on any atom is 0.315 e. The monoisotopic (exact) mass is 328 g/mol. The Balaban J connectivity index is 1.69. The van der Waals surface area contributed by atoms with Gasteiger partial charge in [-0.15, -0.1) is 0 Å². The highest BCUT2D eigenvalue weighted by Gasteiger charge is 2.32. The molecule has 2 saturated heterocycles. The van der Waals surface area contributed by atoms with E-state index in [0.717, 1.165) is 16.7 Å². The summed E-state index contributed by atoms with van der Waals surface area (Å²) < 4.78 is 0. The zero-order valence-electron chi connectivity index (χ0n) is 12.6. The minimum absolute atomic E-state index is 0.0329. The maximum absolute atomic E-state index is 11.8. The summed E-state index contributed by atoms with van der Waals surface area (Å²) in [6.45, 7) is 4.73. The van der Waals surface area contributed by atoms with Gasteiger partial charge in [-0.1, -0.05) is 11.8 Å². The normalized spacial score (nSPS) is 22.0. The molecule has 0 spiro atoms. The molecule has 0 saturated carbocycles. The van der Waals surface area contributed by atoms with Crippen LogP contribution in [0.1, 0.15) is 20.3 Å². The number of carbonyl (C=O) groups is 4. The molecule has 0 radical (unpaired) electrons. The molecular weight excluding hydrogens is 308 g/mol. The number of imide groups is 1. The smallest absolute Gasteiger partial charge is 0.315 e. The Kier molecular flexibility index (Phi) is 5.28. The summed E-state index contributed by atoms with van der Waals surface area (Å²) in [5.74, 6) is -0.0305. The molecule has 0 aliphatic carbocycles. The van der Waals surface area contributed by atoms with E-state index in [1.165, 1.54) is 0 Å². The van der Waals surface area contributed by atoms with Crippen LogP contribution >= 0.6 is 11.8 Å². The number of amides is 5. The van der Waals surface area contributed by atoms with Gasteiger partial charge in [0, 0.05) is 32.1 Å².